The number of hydrogen-bond donors (Lipinski definition) is 1. The molecule has 2 aliphatic rings. The predicted molar refractivity (Wildman–Crippen MR) is 73.2 cm³/mol. The fourth-order valence-electron chi connectivity index (χ4n) is 3.38. The van der Waals surface area contributed by atoms with Crippen molar-refractivity contribution in [1.82, 2.24) is 5.32 Å². The zero-order chi connectivity index (χ0) is 12.7. The Hall–Kier alpha value is -0.730. The molecule has 1 aromatic carbocycles. The van der Waals surface area contributed by atoms with Crippen LogP contribution in [0.3, 0.4) is 0 Å². The van der Waals surface area contributed by atoms with E-state index in [4.69, 9.17) is 23.2 Å². The molecule has 0 heterocycles. The van der Waals surface area contributed by atoms with Crippen LogP contribution in [-0.4, -0.2) is 11.9 Å². The highest BCUT2D eigenvalue weighted by Crippen LogP contribution is 2.44. The highest BCUT2D eigenvalue weighted by molar-refractivity contribution is 6.39. The molecule has 1 amide bonds. The molecule has 0 spiro atoms. The first kappa shape index (κ1) is 12.3. The van der Waals surface area contributed by atoms with E-state index in [1.807, 2.05) is 0 Å². The lowest BCUT2D eigenvalue weighted by Gasteiger charge is -2.23. The van der Waals surface area contributed by atoms with Crippen molar-refractivity contribution in [2.24, 2.45) is 11.8 Å². The number of benzene rings is 1. The first-order chi connectivity index (χ1) is 8.65. The minimum absolute atomic E-state index is 0.136. The van der Waals surface area contributed by atoms with Crippen molar-refractivity contribution < 1.29 is 4.79 Å². The third-order valence-corrected chi connectivity index (χ3v) is 4.87. The van der Waals surface area contributed by atoms with Crippen LogP contribution in [0.4, 0.5) is 0 Å². The van der Waals surface area contributed by atoms with Crippen molar-refractivity contribution >= 4 is 29.1 Å². The van der Waals surface area contributed by atoms with E-state index in [1.165, 1.54) is 19.3 Å². The van der Waals surface area contributed by atoms with Crippen LogP contribution in [-0.2, 0) is 0 Å². The fraction of sp³-hybridized carbons (Fsp3) is 0.500. The number of amides is 1. The number of rotatable bonds is 2. The second-order valence-corrected chi connectivity index (χ2v) is 6.17. The zero-order valence-electron chi connectivity index (χ0n) is 9.96. The SMILES string of the molecule is O=C(N[C@H]1C[C@@H]2CC[C@H]1C2)c1c(Cl)cccc1Cl. The average molecular weight is 284 g/mol. The van der Waals surface area contributed by atoms with E-state index in [-0.39, 0.29) is 5.91 Å². The first-order valence-corrected chi connectivity index (χ1v) is 7.15. The Morgan fingerprint density at radius 3 is 2.44 bits per heavy atom. The summed E-state index contributed by atoms with van der Waals surface area (Å²) < 4.78 is 0. The van der Waals surface area contributed by atoms with Gasteiger partial charge in [0.15, 0.2) is 0 Å². The van der Waals surface area contributed by atoms with Crippen LogP contribution in [0, 0.1) is 11.8 Å². The van der Waals surface area contributed by atoms with E-state index in [0.717, 1.165) is 12.3 Å². The van der Waals surface area contributed by atoms with Gasteiger partial charge in [-0.1, -0.05) is 35.7 Å². The van der Waals surface area contributed by atoms with Crippen molar-refractivity contribution in [2.45, 2.75) is 31.7 Å². The molecule has 0 saturated heterocycles. The molecule has 0 aliphatic heterocycles. The lowest BCUT2D eigenvalue weighted by molar-refractivity contribution is 0.0923. The number of halogens is 2. The van der Waals surface area contributed by atoms with E-state index < -0.39 is 0 Å². The second kappa shape index (κ2) is 4.75. The van der Waals surface area contributed by atoms with Crippen molar-refractivity contribution in [3.8, 4) is 0 Å². The smallest absolute Gasteiger partial charge is 0.254 e. The minimum atomic E-state index is -0.136. The quantitative estimate of drug-likeness (QED) is 0.876. The van der Waals surface area contributed by atoms with E-state index >= 15 is 0 Å². The van der Waals surface area contributed by atoms with E-state index in [0.29, 0.717) is 27.6 Å². The van der Waals surface area contributed by atoms with Gasteiger partial charge in [-0.05, 0) is 43.2 Å². The van der Waals surface area contributed by atoms with E-state index in [9.17, 15) is 4.79 Å². The van der Waals surface area contributed by atoms with Crippen molar-refractivity contribution in [3.63, 3.8) is 0 Å². The van der Waals surface area contributed by atoms with Crippen LogP contribution in [0.1, 0.15) is 36.0 Å². The molecular formula is C14H15Cl2NO. The summed E-state index contributed by atoms with van der Waals surface area (Å²) in [4.78, 5) is 12.2. The molecule has 4 heteroatoms. The maximum absolute atomic E-state index is 12.2. The Balaban J connectivity index is 1.75. The van der Waals surface area contributed by atoms with Gasteiger partial charge in [0.25, 0.3) is 5.91 Å². The van der Waals surface area contributed by atoms with Crippen LogP contribution in [0.5, 0.6) is 0 Å². The lowest BCUT2D eigenvalue weighted by Crippen LogP contribution is -2.38. The molecular weight excluding hydrogens is 269 g/mol. The maximum Gasteiger partial charge on any atom is 0.254 e. The van der Waals surface area contributed by atoms with Crippen LogP contribution >= 0.6 is 23.2 Å². The predicted octanol–water partition coefficient (Wildman–Crippen LogP) is 3.91. The molecule has 3 rings (SSSR count). The van der Waals surface area contributed by atoms with Gasteiger partial charge < -0.3 is 5.32 Å². The Morgan fingerprint density at radius 2 is 1.89 bits per heavy atom. The normalized spacial score (nSPS) is 29.6. The van der Waals surface area contributed by atoms with Crippen LogP contribution in [0.2, 0.25) is 10.0 Å². The number of carbonyl (C=O) groups excluding carboxylic acids is 1. The van der Waals surface area contributed by atoms with Gasteiger partial charge in [0.05, 0.1) is 15.6 Å². The number of nitrogens with one attached hydrogen (secondary N) is 1. The number of hydrogen-bond acceptors (Lipinski definition) is 1. The fourth-order valence-corrected chi connectivity index (χ4v) is 3.95. The topological polar surface area (TPSA) is 29.1 Å². The summed E-state index contributed by atoms with van der Waals surface area (Å²) >= 11 is 12.1. The molecule has 18 heavy (non-hydrogen) atoms. The zero-order valence-corrected chi connectivity index (χ0v) is 11.5. The van der Waals surface area contributed by atoms with E-state index in [2.05, 4.69) is 5.32 Å². The van der Waals surface area contributed by atoms with Crippen molar-refractivity contribution in [2.75, 3.05) is 0 Å². The Kier molecular flexibility index (Phi) is 3.25. The molecule has 1 aromatic rings. The number of carbonyl (C=O) groups is 1. The van der Waals surface area contributed by atoms with Gasteiger partial charge in [0.1, 0.15) is 0 Å². The Bertz CT molecular complexity index is 468. The summed E-state index contributed by atoms with van der Waals surface area (Å²) in [6.45, 7) is 0. The summed E-state index contributed by atoms with van der Waals surface area (Å²) in [7, 11) is 0. The maximum atomic E-state index is 12.2. The molecule has 0 unspecified atom stereocenters. The van der Waals surface area contributed by atoms with Crippen LogP contribution in [0.25, 0.3) is 0 Å². The molecule has 2 aliphatic carbocycles. The van der Waals surface area contributed by atoms with Gasteiger partial charge in [-0.2, -0.15) is 0 Å². The molecule has 96 valence electrons. The average Bonchev–Trinajstić information content (AvgIpc) is 2.90. The summed E-state index contributed by atoms with van der Waals surface area (Å²) in [5, 5.41) is 3.94. The molecule has 2 fully saturated rings. The van der Waals surface area contributed by atoms with Gasteiger partial charge in [-0.15, -0.1) is 0 Å². The molecule has 0 aromatic heterocycles. The van der Waals surface area contributed by atoms with Crippen molar-refractivity contribution in [3.05, 3.63) is 33.8 Å². The van der Waals surface area contributed by atoms with Gasteiger partial charge in [-0.3, -0.25) is 4.79 Å². The molecule has 2 nitrogen and oxygen atoms in total. The monoisotopic (exact) mass is 283 g/mol. The molecule has 1 N–H and O–H groups in total. The molecule has 3 atom stereocenters. The summed E-state index contributed by atoms with van der Waals surface area (Å²) in [5.41, 5.74) is 0.406. The minimum Gasteiger partial charge on any atom is -0.349 e. The summed E-state index contributed by atoms with van der Waals surface area (Å²) in [5.74, 6) is 1.32. The first-order valence-electron chi connectivity index (χ1n) is 6.40. The summed E-state index contributed by atoms with van der Waals surface area (Å²) in [6.07, 6.45) is 4.94. The highest BCUT2D eigenvalue weighted by Gasteiger charge is 2.40. The standard InChI is InChI=1S/C14H15Cl2NO/c15-10-2-1-3-11(16)13(10)14(18)17-12-7-8-4-5-9(12)6-8/h1-3,8-9,12H,4-7H2,(H,17,18)/t8-,9+,12+/m1/s1. The van der Waals surface area contributed by atoms with Gasteiger partial charge >= 0.3 is 0 Å². The van der Waals surface area contributed by atoms with Gasteiger partial charge in [-0.25, -0.2) is 0 Å². The van der Waals surface area contributed by atoms with Gasteiger partial charge in [0, 0.05) is 6.04 Å². The third-order valence-electron chi connectivity index (χ3n) is 4.24. The molecule has 0 radical (unpaired) electrons. The summed E-state index contributed by atoms with van der Waals surface area (Å²) in [6, 6.07) is 5.45. The lowest BCUT2D eigenvalue weighted by atomic mass is 9.95. The Morgan fingerprint density at radius 1 is 1.17 bits per heavy atom. The Labute approximate surface area is 117 Å². The van der Waals surface area contributed by atoms with Crippen molar-refractivity contribution in [1.29, 1.82) is 0 Å². The van der Waals surface area contributed by atoms with Crippen LogP contribution < -0.4 is 5.32 Å². The highest BCUT2D eigenvalue weighted by atomic mass is 35.5. The van der Waals surface area contributed by atoms with Crippen LogP contribution in [0.15, 0.2) is 18.2 Å². The van der Waals surface area contributed by atoms with Gasteiger partial charge in [0.2, 0.25) is 0 Å². The van der Waals surface area contributed by atoms with E-state index in [1.54, 1.807) is 18.2 Å². The third kappa shape index (κ3) is 2.12. The molecule has 2 bridgehead atoms. The largest absolute Gasteiger partial charge is 0.349 e. The molecule has 2 saturated carbocycles. The second-order valence-electron chi connectivity index (χ2n) is 5.35. The number of fused-ring (bicyclic) bond motifs is 2.